The third-order valence-electron chi connectivity index (χ3n) is 3.81. The minimum absolute atomic E-state index is 0.414. The molecule has 0 radical (unpaired) electrons. The van der Waals surface area contributed by atoms with Crippen molar-refractivity contribution in [3.05, 3.63) is 23.8 Å². The van der Waals surface area contributed by atoms with Crippen LogP contribution < -0.4 is 10.6 Å². The topological polar surface area (TPSA) is 85.0 Å². The largest absolute Gasteiger partial charge is 0.465 e. The van der Waals surface area contributed by atoms with Crippen LogP contribution in [-0.4, -0.2) is 50.6 Å². The molecule has 0 spiro atoms. The van der Waals surface area contributed by atoms with Crippen molar-refractivity contribution >= 4 is 17.3 Å². The molecule has 6 heteroatoms. The van der Waals surface area contributed by atoms with E-state index in [4.69, 9.17) is 10.5 Å². The lowest BCUT2D eigenvalue weighted by atomic mass is 9.93. The van der Waals surface area contributed by atoms with E-state index < -0.39 is 11.6 Å². The molecule has 1 saturated heterocycles. The second-order valence-corrected chi connectivity index (χ2v) is 5.46. The average molecular weight is 294 g/mol. The van der Waals surface area contributed by atoms with E-state index in [1.54, 1.807) is 18.2 Å². The molecule has 1 aliphatic heterocycles. The molecule has 21 heavy (non-hydrogen) atoms. The van der Waals surface area contributed by atoms with Crippen LogP contribution in [-0.2, 0) is 9.47 Å². The minimum Gasteiger partial charge on any atom is -0.465 e. The van der Waals surface area contributed by atoms with E-state index in [1.807, 2.05) is 11.9 Å². The first kappa shape index (κ1) is 15.6. The van der Waals surface area contributed by atoms with E-state index >= 15 is 0 Å². The molecule has 1 aliphatic rings. The maximum Gasteiger partial charge on any atom is 0.337 e. The predicted molar refractivity (Wildman–Crippen MR) is 80.5 cm³/mol. The van der Waals surface area contributed by atoms with E-state index in [-0.39, 0.29) is 0 Å². The second kappa shape index (κ2) is 6.32. The summed E-state index contributed by atoms with van der Waals surface area (Å²) in [6, 6.07) is 5.03. The van der Waals surface area contributed by atoms with Gasteiger partial charge in [0.15, 0.2) is 0 Å². The van der Waals surface area contributed by atoms with Gasteiger partial charge >= 0.3 is 5.97 Å². The first-order valence-electron chi connectivity index (χ1n) is 6.94. The fourth-order valence-electron chi connectivity index (χ4n) is 2.58. The average Bonchev–Trinajstić information content (AvgIpc) is 2.46. The highest BCUT2D eigenvalue weighted by molar-refractivity contribution is 5.91. The first-order chi connectivity index (χ1) is 9.95. The molecule has 0 unspecified atom stereocenters. The lowest BCUT2D eigenvalue weighted by Crippen LogP contribution is -2.45. The zero-order valence-corrected chi connectivity index (χ0v) is 12.5. The Bertz CT molecular complexity index is 512. The Hall–Kier alpha value is -1.79. The molecule has 2 rings (SSSR count). The van der Waals surface area contributed by atoms with Crippen molar-refractivity contribution in [1.29, 1.82) is 0 Å². The van der Waals surface area contributed by atoms with E-state index in [0.717, 1.165) is 5.69 Å². The lowest BCUT2D eigenvalue weighted by molar-refractivity contribution is -0.0572. The van der Waals surface area contributed by atoms with E-state index in [0.29, 0.717) is 43.9 Å². The quantitative estimate of drug-likeness (QED) is 0.637. The molecular formula is C15H22N2O4. The Morgan fingerprint density at radius 3 is 2.71 bits per heavy atom. The fraction of sp³-hybridized carbons (Fsp3) is 0.533. The van der Waals surface area contributed by atoms with Crippen LogP contribution in [0.2, 0.25) is 0 Å². The van der Waals surface area contributed by atoms with Gasteiger partial charge in [-0.3, -0.25) is 0 Å². The number of nitrogens with two attached hydrogens (primary N) is 1. The summed E-state index contributed by atoms with van der Waals surface area (Å²) in [6.07, 6.45) is 1.22. The van der Waals surface area contributed by atoms with Gasteiger partial charge in [0.2, 0.25) is 0 Å². The van der Waals surface area contributed by atoms with Gasteiger partial charge in [0.25, 0.3) is 0 Å². The Balaban J connectivity index is 2.12. The summed E-state index contributed by atoms with van der Waals surface area (Å²) >= 11 is 0. The van der Waals surface area contributed by atoms with Gasteiger partial charge in [0.05, 0.1) is 29.6 Å². The number of likely N-dealkylation sites (N-methyl/N-ethyl adjacent to an activating group) is 1. The van der Waals surface area contributed by atoms with E-state index in [1.165, 1.54) is 7.11 Å². The fourth-order valence-corrected chi connectivity index (χ4v) is 2.58. The molecule has 6 nitrogen and oxygen atoms in total. The van der Waals surface area contributed by atoms with Gasteiger partial charge in [-0.2, -0.15) is 0 Å². The standard InChI is InChI=1S/C15H22N2O4/c1-17(10-15(19)5-7-21-8-6-15)13-4-3-11(9-12(13)16)14(18)20-2/h3-4,9,19H,5-8,10,16H2,1-2H3. The Labute approximate surface area is 124 Å². The van der Waals surface area contributed by atoms with Crippen molar-refractivity contribution in [2.45, 2.75) is 18.4 Å². The normalized spacial score (nSPS) is 17.3. The molecule has 1 fully saturated rings. The van der Waals surface area contributed by atoms with Gasteiger partial charge in [-0.15, -0.1) is 0 Å². The summed E-state index contributed by atoms with van der Waals surface area (Å²) in [5.74, 6) is -0.418. The van der Waals surface area contributed by atoms with Crippen LogP contribution >= 0.6 is 0 Å². The molecule has 0 bridgehead atoms. The molecule has 3 N–H and O–H groups in total. The zero-order chi connectivity index (χ0) is 15.5. The number of ether oxygens (including phenoxy) is 2. The third-order valence-corrected chi connectivity index (χ3v) is 3.81. The number of anilines is 2. The number of nitrogen functional groups attached to an aromatic ring is 1. The number of methoxy groups -OCH3 is 1. The summed E-state index contributed by atoms with van der Waals surface area (Å²) in [5.41, 5.74) is 6.92. The number of carbonyl (C=O) groups is 1. The van der Waals surface area contributed by atoms with Crippen LogP contribution in [0.1, 0.15) is 23.2 Å². The second-order valence-electron chi connectivity index (χ2n) is 5.46. The number of esters is 1. The van der Waals surface area contributed by atoms with Crippen LogP contribution in [0.25, 0.3) is 0 Å². The van der Waals surface area contributed by atoms with E-state index in [9.17, 15) is 9.90 Å². The Morgan fingerprint density at radius 1 is 1.48 bits per heavy atom. The van der Waals surface area contributed by atoms with Crippen molar-refractivity contribution in [2.24, 2.45) is 0 Å². The number of hydrogen-bond donors (Lipinski definition) is 2. The number of benzene rings is 1. The maximum atomic E-state index is 11.5. The Kier molecular flexibility index (Phi) is 4.69. The summed E-state index contributed by atoms with van der Waals surface area (Å²) in [7, 11) is 3.20. The molecule has 1 aromatic rings. The summed E-state index contributed by atoms with van der Waals surface area (Å²) in [6.45, 7) is 1.61. The van der Waals surface area contributed by atoms with Gasteiger partial charge in [-0.25, -0.2) is 4.79 Å². The van der Waals surface area contributed by atoms with Crippen LogP contribution in [0.5, 0.6) is 0 Å². The summed E-state index contributed by atoms with van der Waals surface area (Å²) in [5, 5.41) is 10.5. The van der Waals surface area contributed by atoms with Crippen LogP contribution in [0, 0.1) is 0 Å². The zero-order valence-electron chi connectivity index (χ0n) is 12.5. The molecule has 0 amide bonds. The number of rotatable bonds is 4. The smallest absolute Gasteiger partial charge is 0.337 e. The molecule has 116 valence electrons. The highest BCUT2D eigenvalue weighted by Gasteiger charge is 2.31. The maximum absolute atomic E-state index is 11.5. The summed E-state index contributed by atoms with van der Waals surface area (Å²) in [4.78, 5) is 13.4. The minimum atomic E-state index is -0.763. The highest BCUT2D eigenvalue weighted by Crippen LogP contribution is 2.28. The molecule has 0 atom stereocenters. The van der Waals surface area contributed by atoms with Gasteiger partial charge in [0.1, 0.15) is 0 Å². The monoisotopic (exact) mass is 294 g/mol. The van der Waals surface area contributed by atoms with Crippen molar-refractivity contribution in [3.8, 4) is 0 Å². The summed E-state index contributed by atoms with van der Waals surface area (Å²) < 4.78 is 9.94. The number of carbonyl (C=O) groups excluding carboxylic acids is 1. The molecular weight excluding hydrogens is 272 g/mol. The highest BCUT2D eigenvalue weighted by atomic mass is 16.5. The van der Waals surface area contributed by atoms with Crippen molar-refractivity contribution in [3.63, 3.8) is 0 Å². The third kappa shape index (κ3) is 3.65. The van der Waals surface area contributed by atoms with Gasteiger partial charge < -0.3 is 25.2 Å². The van der Waals surface area contributed by atoms with Crippen molar-refractivity contribution in [1.82, 2.24) is 0 Å². The molecule has 0 aliphatic carbocycles. The molecule has 0 aromatic heterocycles. The Morgan fingerprint density at radius 2 is 2.14 bits per heavy atom. The predicted octanol–water partition coefficient (Wildman–Crippen LogP) is 1.03. The van der Waals surface area contributed by atoms with Gasteiger partial charge in [0, 0.05) is 39.6 Å². The molecule has 1 aromatic carbocycles. The van der Waals surface area contributed by atoms with Crippen LogP contribution in [0.15, 0.2) is 18.2 Å². The van der Waals surface area contributed by atoms with Gasteiger partial charge in [-0.1, -0.05) is 0 Å². The molecule has 1 heterocycles. The first-order valence-corrected chi connectivity index (χ1v) is 6.94. The SMILES string of the molecule is COC(=O)c1ccc(N(C)CC2(O)CCOCC2)c(N)c1. The van der Waals surface area contributed by atoms with Crippen LogP contribution in [0.4, 0.5) is 11.4 Å². The number of aliphatic hydroxyl groups is 1. The lowest BCUT2D eigenvalue weighted by Gasteiger charge is -2.36. The number of nitrogens with zero attached hydrogens (tertiary/aromatic N) is 1. The van der Waals surface area contributed by atoms with Crippen molar-refractivity contribution < 1.29 is 19.4 Å². The van der Waals surface area contributed by atoms with E-state index in [2.05, 4.69) is 4.74 Å². The number of hydrogen-bond acceptors (Lipinski definition) is 6. The van der Waals surface area contributed by atoms with Crippen molar-refractivity contribution in [2.75, 3.05) is 44.5 Å². The van der Waals surface area contributed by atoms with Gasteiger partial charge in [-0.05, 0) is 18.2 Å². The van der Waals surface area contributed by atoms with Crippen LogP contribution in [0.3, 0.4) is 0 Å². The molecule has 0 saturated carbocycles.